The Morgan fingerprint density at radius 3 is 2.38 bits per heavy atom. The molecule has 3 unspecified atom stereocenters. The Balaban J connectivity index is 1.89. The highest BCUT2D eigenvalue weighted by Gasteiger charge is 2.53. The summed E-state index contributed by atoms with van der Waals surface area (Å²) in [4.78, 5) is 0.392. The van der Waals surface area contributed by atoms with Crippen LogP contribution in [0.4, 0.5) is 0 Å². The molecule has 1 saturated carbocycles. The topological polar surface area (TPSA) is 46.6 Å². The average Bonchev–Trinajstić information content (AvgIpc) is 2.76. The van der Waals surface area contributed by atoms with Crippen LogP contribution in [0.2, 0.25) is 0 Å². The van der Waals surface area contributed by atoms with Crippen LogP contribution in [0.15, 0.2) is 29.2 Å². The van der Waals surface area contributed by atoms with Crippen molar-refractivity contribution < 1.29 is 13.2 Å². The van der Waals surface area contributed by atoms with Gasteiger partial charge in [-0.15, -0.1) is 0 Å². The maximum Gasteiger partial charge on any atom is 0.243 e. The monoisotopic (exact) mass is 351 g/mol. The largest absolute Gasteiger partial charge is 0.377 e. The smallest absolute Gasteiger partial charge is 0.243 e. The molecule has 3 atom stereocenters. The van der Waals surface area contributed by atoms with Crippen molar-refractivity contribution in [1.29, 1.82) is 0 Å². The van der Waals surface area contributed by atoms with Crippen LogP contribution in [0.3, 0.4) is 0 Å². The first-order valence-corrected chi connectivity index (χ1v) is 10.2. The van der Waals surface area contributed by atoms with Gasteiger partial charge >= 0.3 is 0 Å². The molecule has 1 saturated heterocycles. The van der Waals surface area contributed by atoms with Crippen LogP contribution in [0.1, 0.15) is 58.6 Å². The predicted molar refractivity (Wildman–Crippen MR) is 95.3 cm³/mol. The summed E-state index contributed by atoms with van der Waals surface area (Å²) in [7, 11) is -1.78. The number of nitrogens with zero attached hydrogens (tertiary/aromatic N) is 1. The molecule has 2 aliphatic rings. The molecule has 0 radical (unpaired) electrons. The Morgan fingerprint density at radius 1 is 1.17 bits per heavy atom. The van der Waals surface area contributed by atoms with Crippen LogP contribution in [0.5, 0.6) is 0 Å². The summed E-state index contributed by atoms with van der Waals surface area (Å²) in [6.07, 6.45) is 2.98. The molecule has 2 bridgehead atoms. The van der Waals surface area contributed by atoms with Crippen LogP contribution < -0.4 is 0 Å². The first kappa shape index (κ1) is 17.9. The third-order valence-corrected chi connectivity index (χ3v) is 7.59. The van der Waals surface area contributed by atoms with Crippen molar-refractivity contribution >= 4 is 10.0 Å². The van der Waals surface area contributed by atoms with E-state index in [-0.39, 0.29) is 23.0 Å². The lowest BCUT2D eigenvalue weighted by molar-refractivity contribution is 0.119. The summed E-state index contributed by atoms with van der Waals surface area (Å²) in [5, 5.41) is 0. The standard InChI is InChI=1S/C19H29NO3S/c1-14(23-5)15-6-8-17(9-7-15)24(21,22)20-13-19(4)11-16(20)10-18(2,3)12-19/h6-9,14,16H,10-13H2,1-5H3. The Morgan fingerprint density at radius 2 is 1.79 bits per heavy atom. The molecular weight excluding hydrogens is 322 g/mol. The first-order chi connectivity index (χ1) is 11.1. The molecule has 0 amide bonds. The second kappa shape index (κ2) is 5.82. The van der Waals surface area contributed by atoms with Crippen molar-refractivity contribution in [2.24, 2.45) is 10.8 Å². The van der Waals surface area contributed by atoms with Gasteiger partial charge in [-0.2, -0.15) is 4.31 Å². The van der Waals surface area contributed by atoms with Gasteiger partial charge in [-0.05, 0) is 54.7 Å². The van der Waals surface area contributed by atoms with E-state index in [2.05, 4.69) is 20.8 Å². The molecule has 0 spiro atoms. The highest BCUT2D eigenvalue weighted by atomic mass is 32.2. The third kappa shape index (κ3) is 3.14. The average molecular weight is 352 g/mol. The van der Waals surface area contributed by atoms with Crippen LogP contribution in [0.25, 0.3) is 0 Å². The van der Waals surface area contributed by atoms with Gasteiger partial charge in [0.1, 0.15) is 0 Å². The van der Waals surface area contributed by atoms with E-state index in [1.54, 1.807) is 23.5 Å². The normalized spacial score (nSPS) is 31.1. The third-order valence-electron chi connectivity index (χ3n) is 5.68. The van der Waals surface area contributed by atoms with Gasteiger partial charge in [0.15, 0.2) is 0 Å². The number of ether oxygens (including phenoxy) is 1. The van der Waals surface area contributed by atoms with Crippen LogP contribution in [0, 0.1) is 10.8 Å². The lowest BCUT2D eigenvalue weighted by Crippen LogP contribution is -2.37. The molecule has 1 aromatic rings. The van der Waals surface area contributed by atoms with Crippen molar-refractivity contribution in [2.75, 3.05) is 13.7 Å². The van der Waals surface area contributed by atoms with Gasteiger partial charge in [-0.3, -0.25) is 0 Å². The summed E-state index contributed by atoms with van der Waals surface area (Å²) in [6.45, 7) is 9.35. The molecule has 1 aliphatic carbocycles. The predicted octanol–water partition coefficient (Wildman–Crippen LogP) is 3.98. The van der Waals surface area contributed by atoms with E-state index in [1.165, 1.54) is 0 Å². The van der Waals surface area contributed by atoms with E-state index in [4.69, 9.17) is 4.74 Å². The van der Waals surface area contributed by atoms with Gasteiger partial charge in [0, 0.05) is 19.7 Å². The fourth-order valence-corrected chi connectivity index (χ4v) is 6.65. The molecule has 24 heavy (non-hydrogen) atoms. The van der Waals surface area contributed by atoms with Crippen molar-refractivity contribution in [2.45, 2.75) is 64.0 Å². The van der Waals surface area contributed by atoms with Crippen molar-refractivity contribution in [3.63, 3.8) is 0 Å². The molecule has 0 N–H and O–H groups in total. The van der Waals surface area contributed by atoms with Crippen LogP contribution >= 0.6 is 0 Å². The maximum atomic E-state index is 13.2. The molecule has 134 valence electrons. The molecule has 5 heteroatoms. The maximum absolute atomic E-state index is 13.2. The molecule has 2 fully saturated rings. The highest BCUT2D eigenvalue weighted by molar-refractivity contribution is 7.89. The van der Waals surface area contributed by atoms with Gasteiger partial charge in [-0.25, -0.2) is 8.42 Å². The zero-order valence-electron chi connectivity index (χ0n) is 15.4. The van der Waals surface area contributed by atoms with Crippen LogP contribution in [-0.4, -0.2) is 32.4 Å². The van der Waals surface area contributed by atoms with Gasteiger partial charge in [0.05, 0.1) is 11.0 Å². The molecule has 0 aromatic heterocycles. The number of rotatable bonds is 4. The quantitative estimate of drug-likeness (QED) is 0.824. The summed E-state index contributed by atoms with van der Waals surface area (Å²) >= 11 is 0. The van der Waals surface area contributed by atoms with Crippen molar-refractivity contribution in [3.8, 4) is 0 Å². The van der Waals surface area contributed by atoms with E-state index < -0.39 is 10.0 Å². The van der Waals surface area contributed by atoms with Gasteiger partial charge < -0.3 is 4.74 Å². The van der Waals surface area contributed by atoms with Gasteiger partial charge in [0.2, 0.25) is 10.0 Å². The first-order valence-electron chi connectivity index (χ1n) is 8.71. The minimum atomic E-state index is -3.44. The fraction of sp³-hybridized carbons (Fsp3) is 0.684. The van der Waals surface area contributed by atoms with Crippen molar-refractivity contribution in [1.82, 2.24) is 4.31 Å². The lowest BCUT2D eigenvalue weighted by atomic mass is 9.65. The fourth-order valence-electron chi connectivity index (χ4n) is 4.87. The number of hydrogen-bond acceptors (Lipinski definition) is 3. The lowest BCUT2D eigenvalue weighted by Gasteiger charge is -2.39. The van der Waals surface area contributed by atoms with Crippen molar-refractivity contribution in [3.05, 3.63) is 29.8 Å². The Kier molecular flexibility index (Phi) is 4.34. The summed E-state index contributed by atoms with van der Waals surface area (Å²) in [6, 6.07) is 7.27. The molecule has 3 rings (SSSR count). The summed E-state index contributed by atoms with van der Waals surface area (Å²) in [5.41, 5.74) is 1.30. The second-order valence-corrected chi connectivity index (χ2v) is 10.6. The van der Waals surface area contributed by atoms with E-state index in [0.717, 1.165) is 24.8 Å². The van der Waals surface area contributed by atoms with E-state index in [9.17, 15) is 8.42 Å². The molecule has 4 nitrogen and oxygen atoms in total. The highest BCUT2D eigenvalue weighted by Crippen LogP contribution is 2.53. The summed E-state index contributed by atoms with van der Waals surface area (Å²) in [5.74, 6) is 0. The molecular formula is C19H29NO3S. The Hall–Kier alpha value is -0.910. The number of methoxy groups -OCH3 is 1. The zero-order chi connectivity index (χ0) is 17.8. The van der Waals surface area contributed by atoms with Crippen LogP contribution in [-0.2, 0) is 14.8 Å². The minimum absolute atomic E-state index is 0.0348. The number of benzene rings is 1. The van der Waals surface area contributed by atoms with E-state index >= 15 is 0 Å². The minimum Gasteiger partial charge on any atom is -0.377 e. The van der Waals surface area contributed by atoms with Gasteiger partial charge in [0.25, 0.3) is 0 Å². The molecule has 1 aliphatic heterocycles. The zero-order valence-corrected chi connectivity index (χ0v) is 16.2. The summed E-state index contributed by atoms with van der Waals surface area (Å²) < 4.78 is 33.4. The van der Waals surface area contributed by atoms with E-state index in [1.807, 2.05) is 19.1 Å². The van der Waals surface area contributed by atoms with E-state index in [0.29, 0.717) is 11.4 Å². The Bertz CT molecular complexity index is 711. The SMILES string of the molecule is COC(C)c1ccc(S(=O)(=O)N2CC3(C)CC2CC(C)(C)C3)cc1. The number of sulfonamides is 1. The number of hydrogen-bond donors (Lipinski definition) is 0. The molecule has 1 aromatic carbocycles. The second-order valence-electron chi connectivity index (χ2n) is 8.71. The van der Waals surface area contributed by atoms with Gasteiger partial charge in [-0.1, -0.05) is 32.9 Å². The number of fused-ring (bicyclic) bond motifs is 2. The Labute approximate surface area is 146 Å². The molecule has 1 heterocycles.